The van der Waals surface area contributed by atoms with Crippen LogP contribution in [0.2, 0.25) is 0 Å². The second-order valence-electron chi connectivity index (χ2n) is 8.90. The fraction of sp³-hybridized carbons (Fsp3) is 0.727. The molecule has 0 spiro atoms. The Kier molecular flexibility index (Phi) is 7.33. The Bertz CT molecular complexity index is 507. The van der Waals surface area contributed by atoms with Gasteiger partial charge in [0.15, 0.2) is 0 Å². The number of nitrogens with zero attached hydrogens (tertiary/aromatic N) is 1. The third kappa shape index (κ3) is 6.31. The summed E-state index contributed by atoms with van der Waals surface area (Å²) in [6.07, 6.45) is 3.76. The molecule has 3 nitrogen and oxygen atoms in total. The van der Waals surface area contributed by atoms with Crippen molar-refractivity contribution in [2.45, 2.75) is 59.1 Å². The van der Waals surface area contributed by atoms with Crippen LogP contribution < -0.4 is 10.2 Å². The highest BCUT2D eigenvalue weighted by atomic mass is 16.5. The highest BCUT2D eigenvalue weighted by Crippen LogP contribution is 2.37. The predicted molar refractivity (Wildman–Crippen MR) is 107 cm³/mol. The van der Waals surface area contributed by atoms with Crippen molar-refractivity contribution < 1.29 is 10.1 Å². The van der Waals surface area contributed by atoms with E-state index in [1.807, 2.05) is 0 Å². The number of hydrogen-bond donors (Lipinski definition) is 1. The number of benzene rings is 1. The van der Waals surface area contributed by atoms with E-state index in [-0.39, 0.29) is 5.60 Å². The molecule has 1 aromatic carbocycles. The Morgan fingerprint density at radius 2 is 1.88 bits per heavy atom. The molecule has 25 heavy (non-hydrogen) atoms. The lowest BCUT2D eigenvalue weighted by Gasteiger charge is -2.40. The molecule has 0 bridgehead atoms. The van der Waals surface area contributed by atoms with E-state index in [4.69, 9.17) is 4.74 Å². The van der Waals surface area contributed by atoms with Gasteiger partial charge in [0.05, 0.1) is 12.1 Å². The largest absolute Gasteiger partial charge is 0.378 e. The van der Waals surface area contributed by atoms with Gasteiger partial charge in [-0.3, -0.25) is 0 Å². The van der Waals surface area contributed by atoms with Gasteiger partial charge in [0.2, 0.25) is 0 Å². The average molecular weight is 348 g/mol. The summed E-state index contributed by atoms with van der Waals surface area (Å²) in [5.41, 5.74) is 2.75. The summed E-state index contributed by atoms with van der Waals surface area (Å²) >= 11 is 0. The molecule has 0 radical (unpaired) electrons. The highest BCUT2D eigenvalue weighted by Gasteiger charge is 2.34. The van der Waals surface area contributed by atoms with Crippen molar-refractivity contribution in [1.82, 2.24) is 0 Å². The number of hydrogen-bond acceptors (Lipinski definition) is 2. The molecule has 0 amide bonds. The Morgan fingerprint density at radius 3 is 2.44 bits per heavy atom. The third-order valence-electron chi connectivity index (χ3n) is 5.73. The summed E-state index contributed by atoms with van der Waals surface area (Å²) in [6.45, 7) is 12.5. The summed E-state index contributed by atoms with van der Waals surface area (Å²) in [5.74, 6) is 2.39. The topological polar surface area (TPSA) is 29.1 Å². The van der Waals surface area contributed by atoms with Crippen molar-refractivity contribution in [3.05, 3.63) is 29.8 Å². The standard InChI is InChI=1S/C22H38N2O/c1-17(2)21(19-12-14-25-22(3,4)15-19)11-13-23-16-18-7-9-20(10-8-18)24(5)6/h7-10,17,19,21,23H,11-16H2,1-6H3/p+1/t19-,21-/m0/s1. The van der Waals surface area contributed by atoms with Crippen LogP contribution >= 0.6 is 0 Å². The number of rotatable bonds is 8. The first-order chi connectivity index (χ1) is 11.8. The first kappa shape index (κ1) is 20.3. The van der Waals surface area contributed by atoms with Crippen LogP contribution in [0, 0.1) is 17.8 Å². The second-order valence-corrected chi connectivity index (χ2v) is 8.90. The van der Waals surface area contributed by atoms with Gasteiger partial charge in [0.25, 0.3) is 0 Å². The molecule has 1 saturated heterocycles. The molecular formula is C22H39N2O+. The van der Waals surface area contributed by atoms with Crippen LogP contribution in [0.3, 0.4) is 0 Å². The van der Waals surface area contributed by atoms with Gasteiger partial charge in [0.1, 0.15) is 6.54 Å². The molecule has 2 atom stereocenters. The Morgan fingerprint density at radius 1 is 1.20 bits per heavy atom. The van der Waals surface area contributed by atoms with Crippen LogP contribution in [0.4, 0.5) is 5.69 Å². The van der Waals surface area contributed by atoms with E-state index in [1.165, 1.54) is 37.1 Å². The molecule has 3 heteroatoms. The number of anilines is 1. The number of ether oxygens (including phenoxy) is 1. The van der Waals surface area contributed by atoms with E-state index >= 15 is 0 Å². The van der Waals surface area contributed by atoms with Crippen LogP contribution in [-0.4, -0.2) is 32.8 Å². The van der Waals surface area contributed by atoms with Crippen LogP contribution in [0.25, 0.3) is 0 Å². The van der Waals surface area contributed by atoms with E-state index < -0.39 is 0 Å². The van der Waals surface area contributed by atoms with Crippen LogP contribution in [0.1, 0.15) is 52.5 Å². The molecule has 0 unspecified atom stereocenters. The summed E-state index contributed by atoms with van der Waals surface area (Å²) in [7, 11) is 4.18. The molecule has 2 N–H and O–H groups in total. The Balaban J connectivity index is 1.79. The van der Waals surface area contributed by atoms with Gasteiger partial charge in [-0.25, -0.2) is 0 Å². The molecule has 1 heterocycles. The first-order valence-corrected chi connectivity index (χ1v) is 10.0. The maximum Gasteiger partial charge on any atom is 0.101 e. The Labute approximate surface area is 155 Å². The lowest BCUT2D eigenvalue weighted by molar-refractivity contribution is -0.671. The number of quaternary nitrogens is 1. The van der Waals surface area contributed by atoms with Gasteiger partial charge in [-0.15, -0.1) is 0 Å². The van der Waals surface area contributed by atoms with Gasteiger partial charge in [-0.05, 0) is 63.0 Å². The average Bonchev–Trinajstić information content (AvgIpc) is 2.53. The lowest BCUT2D eigenvalue weighted by atomic mass is 9.73. The van der Waals surface area contributed by atoms with E-state index in [9.17, 15) is 0 Å². The van der Waals surface area contributed by atoms with Gasteiger partial charge in [-0.2, -0.15) is 0 Å². The molecule has 1 fully saturated rings. The fourth-order valence-corrected chi connectivity index (χ4v) is 4.27. The summed E-state index contributed by atoms with van der Waals surface area (Å²) in [5, 5.41) is 2.48. The van der Waals surface area contributed by atoms with Crippen molar-refractivity contribution in [1.29, 1.82) is 0 Å². The van der Waals surface area contributed by atoms with Crippen LogP contribution in [0.15, 0.2) is 24.3 Å². The zero-order valence-corrected chi connectivity index (χ0v) is 17.2. The van der Waals surface area contributed by atoms with Gasteiger partial charge in [0, 0.05) is 32.0 Å². The van der Waals surface area contributed by atoms with Crippen molar-refractivity contribution >= 4 is 5.69 Å². The summed E-state index contributed by atoms with van der Waals surface area (Å²) in [6, 6.07) is 8.94. The van der Waals surface area contributed by atoms with Crippen LogP contribution in [0.5, 0.6) is 0 Å². The molecule has 0 aliphatic carbocycles. The fourth-order valence-electron chi connectivity index (χ4n) is 4.27. The molecule has 1 aliphatic rings. The van der Waals surface area contributed by atoms with Gasteiger partial charge in [-0.1, -0.05) is 26.0 Å². The zero-order chi connectivity index (χ0) is 18.4. The summed E-state index contributed by atoms with van der Waals surface area (Å²) < 4.78 is 5.92. The zero-order valence-electron chi connectivity index (χ0n) is 17.2. The molecule has 2 rings (SSSR count). The van der Waals surface area contributed by atoms with E-state index in [2.05, 4.69) is 76.3 Å². The van der Waals surface area contributed by atoms with Crippen molar-refractivity contribution in [2.24, 2.45) is 17.8 Å². The Hall–Kier alpha value is -1.06. The lowest BCUT2D eigenvalue weighted by Crippen LogP contribution is -2.82. The molecule has 142 valence electrons. The van der Waals surface area contributed by atoms with Gasteiger partial charge >= 0.3 is 0 Å². The predicted octanol–water partition coefficient (Wildman–Crippen LogP) is 3.68. The molecule has 0 aromatic heterocycles. The SMILES string of the molecule is CC(C)[C@H](CC[NH2+]Cc1ccc(N(C)C)cc1)[C@H]1CCOC(C)(C)C1. The molecule has 1 aliphatic heterocycles. The molecular weight excluding hydrogens is 308 g/mol. The minimum Gasteiger partial charge on any atom is -0.378 e. The minimum absolute atomic E-state index is 0.0634. The first-order valence-electron chi connectivity index (χ1n) is 10.0. The maximum atomic E-state index is 5.92. The van der Waals surface area contributed by atoms with Crippen LogP contribution in [-0.2, 0) is 11.3 Å². The van der Waals surface area contributed by atoms with Gasteiger partial charge < -0.3 is 15.0 Å². The molecule has 1 aromatic rings. The van der Waals surface area contributed by atoms with E-state index in [0.717, 1.165) is 30.9 Å². The normalized spacial score (nSPS) is 21.3. The minimum atomic E-state index is 0.0634. The van der Waals surface area contributed by atoms with E-state index in [1.54, 1.807) is 0 Å². The highest BCUT2D eigenvalue weighted by molar-refractivity contribution is 5.45. The monoisotopic (exact) mass is 347 g/mol. The smallest absolute Gasteiger partial charge is 0.101 e. The van der Waals surface area contributed by atoms with Crippen molar-refractivity contribution in [3.63, 3.8) is 0 Å². The second kappa shape index (κ2) is 9.05. The quantitative estimate of drug-likeness (QED) is 0.727. The molecule has 0 saturated carbocycles. The summed E-state index contributed by atoms with van der Waals surface area (Å²) in [4.78, 5) is 2.15. The third-order valence-corrected chi connectivity index (χ3v) is 5.73. The van der Waals surface area contributed by atoms with E-state index in [0.29, 0.717) is 0 Å². The maximum absolute atomic E-state index is 5.92. The number of nitrogens with two attached hydrogens (primary N) is 1. The van der Waals surface area contributed by atoms with Crippen molar-refractivity contribution in [3.8, 4) is 0 Å². The van der Waals surface area contributed by atoms with Crippen molar-refractivity contribution in [2.75, 3.05) is 32.1 Å².